The SMILES string of the molecule is CS(=O)(=O)NC(=O)c1ccsc1. The van der Waals surface area contributed by atoms with Gasteiger partial charge < -0.3 is 0 Å². The van der Waals surface area contributed by atoms with Crippen molar-refractivity contribution in [1.29, 1.82) is 0 Å². The molecule has 1 aromatic heterocycles. The first-order valence-electron chi connectivity index (χ1n) is 3.03. The van der Waals surface area contributed by atoms with E-state index in [1.165, 1.54) is 11.3 Å². The first kappa shape index (κ1) is 9.21. The summed E-state index contributed by atoms with van der Waals surface area (Å²) in [6.45, 7) is 0. The Bertz CT molecular complexity index is 366. The summed E-state index contributed by atoms with van der Waals surface area (Å²) >= 11 is 1.34. The summed E-state index contributed by atoms with van der Waals surface area (Å²) in [5.41, 5.74) is 0.366. The monoisotopic (exact) mass is 205 g/mol. The lowest BCUT2D eigenvalue weighted by atomic mass is 10.3. The van der Waals surface area contributed by atoms with E-state index in [2.05, 4.69) is 0 Å². The van der Waals surface area contributed by atoms with Crippen LogP contribution in [-0.4, -0.2) is 20.6 Å². The molecule has 1 amide bonds. The van der Waals surface area contributed by atoms with Gasteiger partial charge in [-0.1, -0.05) is 0 Å². The fraction of sp³-hybridized carbons (Fsp3) is 0.167. The molecule has 1 heterocycles. The second kappa shape index (κ2) is 3.24. The van der Waals surface area contributed by atoms with Crippen molar-refractivity contribution in [2.24, 2.45) is 0 Å². The van der Waals surface area contributed by atoms with E-state index in [1.54, 1.807) is 16.8 Å². The molecule has 0 spiro atoms. The van der Waals surface area contributed by atoms with Crippen molar-refractivity contribution in [2.75, 3.05) is 6.26 Å². The van der Waals surface area contributed by atoms with Crippen LogP contribution in [0.1, 0.15) is 10.4 Å². The van der Waals surface area contributed by atoms with Crippen LogP contribution in [0.25, 0.3) is 0 Å². The third-order valence-corrected chi connectivity index (χ3v) is 2.30. The van der Waals surface area contributed by atoms with Crippen molar-refractivity contribution in [2.45, 2.75) is 0 Å². The second-order valence-electron chi connectivity index (χ2n) is 2.22. The Kier molecular flexibility index (Phi) is 2.49. The molecular weight excluding hydrogens is 198 g/mol. The van der Waals surface area contributed by atoms with Crippen LogP contribution in [-0.2, 0) is 10.0 Å². The highest BCUT2D eigenvalue weighted by atomic mass is 32.2. The van der Waals surface area contributed by atoms with Gasteiger partial charge in [-0.2, -0.15) is 11.3 Å². The average molecular weight is 205 g/mol. The van der Waals surface area contributed by atoms with Gasteiger partial charge in [0.1, 0.15) is 0 Å². The van der Waals surface area contributed by atoms with Gasteiger partial charge in [-0.15, -0.1) is 0 Å². The molecule has 1 N–H and O–H groups in total. The molecule has 66 valence electrons. The van der Waals surface area contributed by atoms with E-state index in [0.29, 0.717) is 5.56 Å². The number of thiophene rings is 1. The van der Waals surface area contributed by atoms with Gasteiger partial charge in [0.25, 0.3) is 5.91 Å². The standard InChI is InChI=1S/C6H7NO3S2/c1-12(9,10)7-6(8)5-2-3-11-4-5/h2-4H,1H3,(H,7,8). The summed E-state index contributed by atoms with van der Waals surface area (Å²) in [6, 6.07) is 1.56. The maximum Gasteiger partial charge on any atom is 0.265 e. The van der Waals surface area contributed by atoms with Crippen LogP contribution in [0.2, 0.25) is 0 Å². The first-order valence-corrected chi connectivity index (χ1v) is 5.87. The first-order chi connectivity index (χ1) is 5.49. The van der Waals surface area contributed by atoms with Crippen molar-refractivity contribution in [3.8, 4) is 0 Å². The molecule has 0 fully saturated rings. The lowest BCUT2D eigenvalue weighted by molar-refractivity contribution is 0.0982. The summed E-state index contributed by atoms with van der Waals surface area (Å²) in [5.74, 6) is -0.584. The molecule has 0 saturated heterocycles. The molecule has 0 saturated carbocycles. The van der Waals surface area contributed by atoms with Crippen molar-refractivity contribution in [1.82, 2.24) is 4.72 Å². The van der Waals surface area contributed by atoms with Gasteiger partial charge in [0, 0.05) is 5.38 Å². The van der Waals surface area contributed by atoms with E-state index in [0.717, 1.165) is 6.26 Å². The number of hydrogen-bond acceptors (Lipinski definition) is 4. The van der Waals surface area contributed by atoms with Crippen LogP contribution in [0.5, 0.6) is 0 Å². The third-order valence-electron chi connectivity index (χ3n) is 1.06. The van der Waals surface area contributed by atoms with Crippen LogP contribution in [0.4, 0.5) is 0 Å². The zero-order chi connectivity index (χ0) is 9.19. The predicted molar refractivity (Wildman–Crippen MR) is 46.6 cm³/mol. The Balaban J connectivity index is 2.76. The summed E-state index contributed by atoms with van der Waals surface area (Å²) in [5, 5.41) is 3.29. The van der Waals surface area contributed by atoms with Gasteiger partial charge >= 0.3 is 0 Å². The molecule has 0 aromatic carbocycles. The van der Waals surface area contributed by atoms with E-state index in [9.17, 15) is 13.2 Å². The minimum absolute atomic E-state index is 0.366. The van der Waals surface area contributed by atoms with Crippen molar-refractivity contribution < 1.29 is 13.2 Å². The van der Waals surface area contributed by atoms with E-state index < -0.39 is 15.9 Å². The minimum Gasteiger partial charge on any atom is -0.268 e. The number of carbonyl (C=O) groups is 1. The molecule has 0 atom stereocenters. The summed E-state index contributed by atoms with van der Waals surface area (Å²) in [7, 11) is -3.44. The highest BCUT2D eigenvalue weighted by molar-refractivity contribution is 7.89. The molecule has 0 aliphatic carbocycles. The molecular formula is C6H7NO3S2. The molecule has 0 aliphatic rings. The molecule has 0 unspecified atom stereocenters. The van der Waals surface area contributed by atoms with Crippen LogP contribution in [0.15, 0.2) is 16.8 Å². The lowest BCUT2D eigenvalue weighted by Crippen LogP contribution is -2.28. The Labute approximate surface area is 74.3 Å². The van der Waals surface area contributed by atoms with Crippen molar-refractivity contribution >= 4 is 27.3 Å². The molecule has 6 heteroatoms. The van der Waals surface area contributed by atoms with Gasteiger partial charge in [-0.25, -0.2) is 13.1 Å². The van der Waals surface area contributed by atoms with E-state index in [1.807, 2.05) is 4.72 Å². The summed E-state index contributed by atoms with van der Waals surface area (Å²) in [6.07, 6.45) is 0.942. The van der Waals surface area contributed by atoms with Gasteiger partial charge in [-0.3, -0.25) is 4.79 Å². The van der Waals surface area contributed by atoms with E-state index in [-0.39, 0.29) is 0 Å². The fourth-order valence-electron chi connectivity index (χ4n) is 0.621. The third kappa shape index (κ3) is 2.63. The maximum absolute atomic E-state index is 11.0. The fourth-order valence-corrected chi connectivity index (χ4v) is 1.71. The average Bonchev–Trinajstić information content (AvgIpc) is 2.32. The maximum atomic E-state index is 11.0. The number of rotatable bonds is 2. The highest BCUT2D eigenvalue weighted by Crippen LogP contribution is 2.05. The second-order valence-corrected chi connectivity index (χ2v) is 4.74. The van der Waals surface area contributed by atoms with E-state index >= 15 is 0 Å². The molecule has 0 radical (unpaired) electrons. The number of carbonyl (C=O) groups excluding carboxylic acids is 1. The van der Waals surface area contributed by atoms with Crippen LogP contribution in [0, 0.1) is 0 Å². The molecule has 1 rings (SSSR count). The van der Waals surface area contributed by atoms with Crippen molar-refractivity contribution in [3.63, 3.8) is 0 Å². The van der Waals surface area contributed by atoms with Crippen molar-refractivity contribution in [3.05, 3.63) is 22.4 Å². The normalized spacial score (nSPS) is 11.1. The quantitative estimate of drug-likeness (QED) is 0.762. The van der Waals surface area contributed by atoms with E-state index in [4.69, 9.17) is 0 Å². The highest BCUT2D eigenvalue weighted by Gasteiger charge is 2.10. The number of hydrogen-bond donors (Lipinski definition) is 1. The zero-order valence-electron chi connectivity index (χ0n) is 6.27. The Morgan fingerprint density at radius 2 is 2.25 bits per heavy atom. The number of amides is 1. The zero-order valence-corrected chi connectivity index (χ0v) is 7.91. The molecule has 12 heavy (non-hydrogen) atoms. The molecule has 0 aliphatic heterocycles. The smallest absolute Gasteiger partial charge is 0.265 e. The van der Waals surface area contributed by atoms with Gasteiger partial charge in [0.05, 0.1) is 11.8 Å². The Morgan fingerprint density at radius 1 is 1.58 bits per heavy atom. The largest absolute Gasteiger partial charge is 0.268 e. The topological polar surface area (TPSA) is 63.2 Å². The van der Waals surface area contributed by atoms with Gasteiger partial charge in [0.15, 0.2) is 0 Å². The lowest BCUT2D eigenvalue weighted by Gasteiger charge is -1.98. The van der Waals surface area contributed by atoms with Gasteiger partial charge in [-0.05, 0) is 11.4 Å². The number of nitrogens with one attached hydrogen (secondary N) is 1. The summed E-state index contributed by atoms with van der Waals surface area (Å²) in [4.78, 5) is 11.0. The Morgan fingerprint density at radius 3 is 2.67 bits per heavy atom. The van der Waals surface area contributed by atoms with Crippen LogP contribution >= 0.6 is 11.3 Å². The van der Waals surface area contributed by atoms with Gasteiger partial charge in [0.2, 0.25) is 10.0 Å². The molecule has 0 bridgehead atoms. The van der Waals surface area contributed by atoms with Crippen LogP contribution in [0.3, 0.4) is 0 Å². The number of sulfonamides is 1. The van der Waals surface area contributed by atoms with Crippen LogP contribution < -0.4 is 4.72 Å². The molecule has 1 aromatic rings. The summed E-state index contributed by atoms with van der Waals surface area (Å²) < 4.78 is 23.1. The molecule has 4 nitrogen and oxygen atoms in total. The Hall–Kier alpha value is -0.880. The predicted octanol–water partition coefficient (Wildman–Crippen LogP) is 0.438. The minimum atomic E-state index is -3.44.